The van der Waals surface area contributed by atoms with Crippen molar-refractivity contribution in [3.05, 3.63) is 58.6 Å². The number of nitrogen functional groups attached to an aromatic ring is 1. The number of hydrogen-bond donors (Lipinski definition) is 2. The van der Waals surface area contributed by atoms with Gasteiger partial charge in [0.15, 0.2) is 0 Å². The van der Waals surface area contributed by atoms with Crippen LogP contribution < -0.4 is 10.5 Å². The van der Waals surface area contributed by atoms with Gasteiger partial charge in [-0.3, -0.25) is 5.41 Å². The number of benzene rings is 2. The molecule has 1 atom stereocenters. The molecule has 108 valence electrons. The lowest BCUT2D eigenvalue weighted by Gasteiger charge is -2.15. The average Bonchev–Trinajstić information content (AvgIpc) is 2.88. The van der Waals surface area contributed by atoms with Crippen molar-refractivity contribution < 1.29 is 4.74 Å². The molecule has 5 heteroatoms. The maximum Gasteiger partial charge on any atom is 0.131 e. The first-order valence-corrected chi connectivity index (χ1v) is 8.00. The Kier molecular flexibility index (Phi) is 4.08. The van der Waals surface area contributed by atoms with Crippen molar-refractivity contribution in [2.75, 3.05) is 12.4 Å². The summed E-state index contributed by atoms with van der Waals surface area (Å²) in [6.07, 6.45) is 0. The van der Waals surface area contributed by atoms with Crippen LogP contribution in [0.15, 0.2) is 47.4 Å². The molecule has 0 saturated heterocycles. The van der Waals surface area contributed by atoms with E-state index in [0.29, 0.717) is 28.9 Å². The van der Waals surface area contributed by atoms with E-state index in [4.69, 9.17) is 27.5 Å². The monoisotopic (exact) mass is 318 g/mol. The van der Waals surface area contributed by atoms with Gasteiger partial charge in [0.25, 0.3) is 0 Å². The standard InChI is InChI=1S/C16H15ClN2OS/c17-11-5-6-13(16(18)19)14(7-11)20-8-10-9-21-15-4-2-1-3-12(10)15/h1-7,10H,8-9H2,(H3,18,19). The first-order valence-electron chi connectivity index (χ1n) is 6.63. The minimum absolute atomic E-state index is 0.0112. The Labute approximate surface area is 133 Å². The third-order valence-corrected chi connectivity index (χ3v) is 4.96. The molecule has 2 aromatic carbocycles. The molecule has 1 unspecified atom stereocenters. The van der Waals surface area contributed by atoms with E-state index in [1.165, 1.54) is 10.5 Å². The Morgan fingerprint density at radius 3 is 2.95 bits per heavy atom. The van der Waals surface area contributed by atoms with E-state index in [9.17, 15) is 0 Å². The summed E-state index contributed by atoms with van der Waals surface area (Å²) in [5, 5.41) is 8.18. The fourth-order valence-corrected chi connectivity index (χ4v) is 3.79. The molecule has 3 N–H and O–H groups in total. The third kappa shape index (κ3) is 3.01. The predicted molar refractivity (Wildman–Crippen MR) is 87.9 cm³/mol. The van der Waals surface area contributed by atoms with Crippen LogP contribution in [0.1, 0.15) is 17.0 Å². The topological polar surface area (TPSA) is 59.1 Å². The summed E-state index contributed by atoms with van der Waals surface area (Å²) in [5.41, 5.74) is 7.49. The highest BCUT2D eigenvalue weighted by Crippen LogP contribution is 2.39. The van der Waals surface area contributed by atoms with Gasteiger partial charge < -0.3 is 10.5 Å². The van der Waals surface area contributed by atoms with Crippen LogP contribution in [0.4, 0.5) is 0 Å². The van der Waals surface area contributed by atoms with Crippen molar-refractivity contribution in [3.63, 3.8) is 0 Å². The van der Waals surface area contributed by atoms with E-state index in [1.807, 2.05) is 11.8 Å². The van der Waals surface area contributed by atoms with Crippen LogP contribution >= 0.6 is 23.4 Å². The molecule has 0 spiro atoms. The van der Waals surface area contributed by atoms with Gasteiger partial charge in [-0.1, -0.05) is 29.8 Å². The Morgan fingerprint density at radius 1 is 1.33 bits per heavy atom. The van der Waals surface area contributed by atoms with Crippen molar-refractivity contribution in [2.45, 2.75) is 10.8 Å². The zero-order valence-corrected chi connectivity index (χ0v) is 12.9. The van der Waals surface area contributed by atoms with Gasteiger partial charge >= 0.3 is 0 Å². The Hall–Kier alpha value is -1.65. The minimum atomic E-state index is -0.0112. The number of hydrogen-bond acceptors (Lipinski definition) is 3. The van der Waals surface area contributed by atoms with Gasteiger partial charge in [-0.15, -0.1) is 11.8 Å². The fraction of sp³-hybridized carbons (Fsp3) is 0.188. The van der Waals surface area contributed by atoms with Gasteiger partial charge in [-0.25, -0.2) is 0 Å². The highest BCUT2D eigenvalue weighted by Gasteiger charge is 2.23. The van der Waals surface area contributed by atoms with Crippen LogP contribution in [0.3, 0.4) is 0 Å². The molecule has 2 aromatic rings. The average molecular weight is 319 g/mol. The highest BCUT2D eigenvalue weighted by molar-refractivity contribution is 7.99. The molecule has 0 fully saturated rings. The summed E-state index contributed by atoms with van der Waals surface area (Å²) in [5.74, 6) is 1.92. The van der Waals surface area contributed by atoms with Crippen molar-refractivity contribution in [1.29, 1.82) is 5.41 Å². The van der Waals surface area contributed by atoms with Gasteiger partial charge in [0.2, 0.25) is 0 Å². The second-order valence-electron chi connectivity index (χ2n) is 4.91. The number of amidine groups is 1. The third-order valence-electron chi connectivity index (χ3n) is 3.47. The number of rotatable bonds is 4. The van der Waals surface area contributed by atoms with E-state index in [2.05, 4.69) is 24.3 Å². The number of nitrogens with two attached hydrogens (primary N) is 1. The van der Waals surface area contributed by atoms with Gasteiger partial charge in [-0.05, 0) is 29.8 Å². The van der Waals surface area contributed by atoms with Crippen molar-refractivity contribution in [3.8, 4) is 5.75 Å². The number of thioether (sulfide) groups is 1. The van der Waals surface area contributed by atoms with E-state index in [1.54, 1.807) is 18.2 Å². The van der Waals surface area contributed by atoms with E-state index in [-0.39, 0.29) is 5.84 Å². The quantitative estimate of drug-likeness (QED) is 0.664. The first kappa shape index (κ1) is 14.3. The lowest BCUT2D eigenvalue weighted by molar-refractivity contribution is 0.297. The lowest BCUT2D eigenvalue weighted by atomic mass is 10.0. The molecular formula is C16H15ClN2OS. The number of fused-ring (bicyclic) bond motifs is 1. The summed E-state index contributed by atoms with van der Waals surface area (Å²) in [7, 11) is 0. The Bertz CT molecular complexity index is 690. The van der Waals surface area contributed by atoms with Crippen molar-refractivity contribution >= 4 is 29.2 Å². The second-order valence-corrected chi connectivity index (χ2v) is 6.41. The molecular weight excluding hydrogens is 304 g/mol. The van der Waals surface area contributed by atoms with Gasteiger partial charge in [-0.2, -0.15) is 0 Å². The van der Waals surface area contributed by atoms with E-state index < -0.39 is 0 Å². The van der Waals surface area contributed by atoms with Gasteiger partial charge in [0, 0.05) is 21.6 Å². The minimum Gasteiger partial charge on any atom is -0.492 e. The summed E-state index contributed by atoms with van der Waals surface area (Å²) in [6.45, 7) is 0.560. The summed E-state index contributed by atoms with van der Waals surface area (Å²) in [6, 6.07) is 13.5. The molecule has 0 aromatic heterocycles. The van der Waals surface area contributed by atoms with Crippen LogP contribution in [0.5, 0.6) is 5.75 Å². The van der Waals surface area contributed by atoms with Crippen LogP contribution in [0.2, 0.25) is 5.02 Å². The summed E-state index contributed by atoms with van der Waals surface area (Å²) >= 11 is 7.85. The Morgan fingerprint density at radius 2 is 2.14 bits per heavy atom. The van der Waals surface area contributed by atoms with Crippen LogP contribution in [0.25, 0.3) is 0 Å². The molecule has 1 aliphatic heterocycles. The van der Waals surface area contributed by atoms with Crippen molar-refractivity contribution in [2.24, 2.45) is 5.73 Å². The molecule has 0 amide bonds. The maximum atomic E-state index is 7.60. The number of nitrogens with one attached hydrogen (secondary N) is 1. The SMILES string of the molecule is N=C(N)c1ccc(Cl)cc1OCC1CSc2ccccc21. The van der Waals surface area contributed by atoms with Crippen LogP contribution in [-0.2, 0) is 0 Å². The summed E-state index contributed by atoms with van der Waals surface area (Å²) < 4.78 is 5.90. The highest BCUT2D eigenvalue weighted by atomic mass is 35.5. The molecule has 21 heavy (non-hydrogen) atoms. The molecule has 1 aliphatic rings. The maximum absolute atomic E-state index is 7.60. The van der Waals surface area contributed by atoms with Crippen molar-refractivity contribution in [1.82, 2.24) is 0 Å². The molecule has 3 rings (SSSR count). The lowest BCUT2D eigenvalue weighted by Crippen LogP contribution is -2.15. The fourth-order valence-electron chi connectivity index (χ4n) is 2.40. The normalized spacial score (nSPS) is 16.5. The second kappa shape index (κ2) is 6.00. The van der Waals surface area contributed by atoms with E-state index in [0.717, 1.165) is 5.75 Å². The summed E-state index contributed by atoms with van der Waals surface area (Å²) in [4.78, 5) is 1.32. The molecule has 0 aliphatic carbocycles. The number of ether oxygens (including phenoxy) is 1. The molecule has 3 nitrogen and oxygen atoms in total. The van der Waals surface area contributed by atoms with Crippen LogP contribution in [-0.4, -0.2) is 18.2 Å². The zero-order valence-electron chi connectivity index (χ0n) is 11.3. The Balaban J connectivity index is 1.77. The predicted octanol–water partition coefficient (Wildman–Crippen LogP) is 3.89. The largest absolute Gasteiger partial charge is 0.492 e. The molecule has 0 radical (unpaired) electrons. The first-order chi connectivity index (χ1) is 10.1. The molecule has 1 heterocycles. The molecule has 0 saturated carbocycles. The van der Waals surface area contributed by atoms with Gasteiger partial charge in [0.05, 0.1) is 12.2 Å². The van der Waals surface area contributed by atoms with Gasteiger partial charge in [0.1, 0.15) is 11.6 Å². The smallest absolute Gasteiger partial charge is 0.131 e. The zero-order chi connectivity index (χ0) is 14.8. The molecule has 0 bridgehead atoms. The van der Waals surface area contributed by atoms with Crippen LogP contribution in [0, 0.1) is 5.41 Å². The van der Waals surface area contributed by atoms with E-state index >= 15 is 0 Å². The number of halogens is 1.